The summed E-state index contributed by atoms with van der Waals surface area (Å²) in [7, 11) is 1.96. The zero-order valence-electron chi connectivity index (χ0n) is 25.2. The summed E-state index contributed by atoms with van der Waals surface area (Å²) in [5.41, 5.74) is 4.03. The maximum atomic E-state index is 11.8. The molecule has 2 fully saturated rings. The zero-order valence-corrected chi connectivity index (χ0v) is 25.2. The molecular weight excluding hydrogens is 544 g/mol. The van der Waals surface area contributed by atoms with Gasteiger partial charge in [0.2, 0.25) is 23.6 Å². The molecule has 4 aromatic rings. The van der Waals surface area contributed by atoms with Gasteiger partial charge in [0.05, 0.1) is 22.9 Å². The van der Waals surface area contributed by atoms with Gasteiger partial charge >= 0.3 is 0 Å². The summed E-state index contributed by atoms with van der Waals surface area (Å²) in [6.07, 6.45) is 8.25. The van der Waals surface area contributed by atoms with Crippen molar-refractivity contribution in [2.24, 2.45) is 7.05 Å². The number of nitrogens with zero attached hydrogens (tertiary/aromatic N) is 6. The molecule has 43 heavy (non-hydrogen) atoms. The third-order valence-electron chi connectivity index (χ3n) is 7.49. The molecule has 0 atom stereocenters. The summed E-state index contributed by atoms with van der Waals surface area (Å²) in [5.74, 6) is 0.681. The van der Waals surface area contributed by atoms with E-state index in [0.717, 1.165) is 28.1 Å². The van der Waals surface area contributed by atoms with Crippen LogP contribution in [0.2, 0.25) is 0 Å². The van der Waals surface area contributed by atoms with Gasteiger partial charge in [-0.1, -0.05) is 44.2 Å². The van der Waals surface area contributed by atoms with Crippen LogP contribution in [0.5, 0.6) is 0 Å². The van der Waals surface area contributed by atoms with Crippen LogP contribution < -0.4 is 0 Å². The first-order valence-corrected chi connectivity index (χ1v) is 15.1. The van der Waals surface area contributed by atoms with E-state index in [9.17, 15) is 19.2 Å². The van der Waals surface area contributed by atoms with Crippen LogP contribution in [0.4, 0.5) is 0 Å². The fraction of sp³-hybridized carbons (Fsp3) is 0.394. The quantitative estimate of drug-likeness (QED) is 0.293. The second kappa shape index (κ2) is 15.0. The lowest BCUT2D eigenvalue weighted by atomic mass is 10.1. The molecule has 2 aromatic heterocycles. The molecule has 2 aliphatic rings. The van der Waals surface area contributed by atoms with Crippen LogP contribution in [-0.2, 0) is 39.1 Å². The van der Waals surface area contributed by atoms with Crippen molar-refractivity contribution in [3.8, 4) is 5.69 Å². The Balaban J connectivity index is 0.000000186. The third-order valence-corrected chi connectivity index (χ3v) is 7.49. The number of para-hydroxylation sites is 3. The van der Waals surface area contributed by atoms with Crippen molar-refractivity contribution < 1.29 is 19.2 Å². The van der Waals surface area contributed by atoms with E-state index in [1.807, 2.05) is 86.3 Å². The van der Waals surface area contributed by atoms with Crippen molar-refractivity contribution in [1.82, 2.24) is 29.1 Å². The fourth-order valence-electron chi connectivity index (χ4n) is 5.18. The lowest BCUT2D eigenvalue weighted by Crippen LogP contribution is -2.41. The van der Waals surface area contributed by atoms with Gasteiger partial charge in [-0.2, -0.15) is 5.10 Å². The predicted octanol–water partition coefficient (Wildman–Crippen LogP) is 4.64. The highest BCUT2D eigenvalue weighted by Gasteiger charge is 2.26. The Hall–Kier alpha value is -4.60. The number of imide groups is 2. The highest BCUT2D eigenvalue weighted by atomic mass is 16.2. The topological polar surface area (TPSA) is 110 Å². The molecule has 6 rings (SSSR count). The number of likely N-dealkylation sites (tertiary alicyclic amines) is 2. The van der Waals surface area contributed by atoms with Crippen LogP contribution in [0.25, 0.3) is 16.7 Å². The summed E-state index contributed by atoms with van der Waals surface area (Å²) in [6.45, 7) is 4.87. The number of carbonyl (C=O) groups is 4. The van der Waals surface area contributed by atoms with E-state index >= 15 is 0 Å². The number of aromatic nitrogens is 4. The summed E-state index contributed by atoms with van der Waals surface area (Å²) < 4.78 is 3.82. The number of rotatable bonds is 7. The van der Waals surface area contributed by atoms with Crippen LogP contribution in [-0.4, -0.2) is 65.8 Å². The highest BCUT2D eigenvalue weighted by Crippen LogP contribution is 2.17. The molecule has 0 N–H and O–H groups in total. The van der Waals surface area contributed by atoms with Crippen molar-refractivity contribution in [2.45, 2.75) is 65.2 Å². The molecule has 2 aliphatic heterocycles. The monoisotopic (exact) mass is 584 g/mol. The van der Waals surface area contributed by atoms with E-state index in [-0.39, 0.29) is 23.6 Å². The number of hydrogen-bond donors (Lipinski definition) is 0. The van der Waals surface area contributed by atoms with Crippen molar-refractivity contribution in [2.75, 3.05) is 13.1 Å². The van der Waals surface area contributed by atoms with Crippen molar-refractivity contribution in [3.05, 3.63) is 78.4 Å². The Morgan fingerprint density at radius 2 is 1.23 bits per heavy atom. The maximum absolute atomic E-state index is 11.8. The van der Waals surface area contributed by atoms with Gasteiger partial charge in [0.1, 0.15) is 5.82 Å². The molecule has 0 bridgehead atoms. The zero-order chi connectivity index (χ0) is 30.8. The lowest BCUT2D eigenvalue weighted by Gasteiger charge is -2.24. The molecule has 4 amide bonds. The van der Waals surface area contributed by atoms with E-state index in [4.69, 9.17) is 0 Å². The SMILES string of the molecule is CC.Cn1c(CCN2C(=O)CCCC2=O)nc2ccccc21.O=C1CCCC(=O)N1CCc1cnn(-c2ccccc2)c1. The minimum absolute atomic E-state index is 0.0540. The average Bonchev–Trinajstić information content (AvgIpc) is 3.63. The standard InChI is InChI=1S/C16H17N3O2.C15H17N3O2.C2H6/c20-15-7-4-8-16(21)18(15)10-9-13-11-17-19(12-13)14-5-2-1-3-6-14;1-17-12-6-3-2-5-11(12)16-13(17)9-10-18-14(19)7-4-8-15(18)20;1-2/h1-3,5-6,11-12H,4,7-10H2;2-3,5-6H,4,7-10H2,1H3;1-2H3. The minimum Gasteiger partial charge on any atom is -0.331 e. The van der Waals surface area contributed by atoms with Gasteiger partial charge in [-0.25, -0.2) is 9.67 Å². The van der Waals surface area contributed by atoms with Gasteiger partial charge in [0.25, 0.3) is 0 Å². The van der Waals surface area contributed by atoms with E-state index < -0.39 is 0 Å². The van der Waals surface area contributed by atoms with E-state index in [0.29, 0.717) is 64.5 Å². The number of aryl methyl sites for hydroxylation is 1. The van der Waals surface area contributed by atoms with Crippen LogP contribution in [0.3, 0.4) is 0 Å². The second-order valence-electron chi connectivity index (χ2n) is 10.3. The van der Waals surface area contributed by atoms with Crippen molar-refractivity contribution >= 4 is 34.7 Å². The third kappa shape index (κ3) is 7.82. The van der Waals surface area contributed by atoms with Gasteiger partial charge in [-0.05, 0) is 49.1 Å². The first kappa shape index (κ1) is 31.3. The lowest BCUT2D eigenvalue weighted by molar-refractivity contribution is -0.149. The number of piperidine rings is 2. The Bertz CT molecular complexity index is 1530. The number of imidazole rings is 1. The Kier molecular flexibility index (Phi) is 11.0. The number of hydrogen-bond acceptors (Lipinski definition) is 6. The summed E-state index contributed by atoms with van der Waals surface area (Å²) in [5, 5.41) is 4.32. The summed E-state index contributed by atoms with van der Waals surface area (Å²) >= 11 is 0. The normalized spacial score (nSPS) is 15.2. The van der Waals surface area contributed by atoms with Crippen LogP contribution in [0.15, 0.2) is 67.0 Å². The summed E-state index contributed by atoms with van der Waals surface area (Å²) in [6, 6.07) is 17.8. The number of amides is 4. The van der Waals surface area contributed by atoms with Crippen LogP contribution in [0, 0.1) is 0 Å². The number of fused-ring (bicyclic) bond motifs is 1. The Morgan fingerprint density at radius 3 is 1.81 bits per heavy atom. The Morgan fingerprint density at radius 1 is 0.698 bits per heavy atom. The van der Waals surface area contributed by atoms with Gasteiger partial charge in [0, 0.05) is 58.4 Å². The molecule has 2 aromatic carbocycles. The first-order chi connectivity index (χ1) is 20.9. The molecule has 2 saturated heterocycles. The van der Waals surface area contributed by atoms with Gasteiger partial charge < -0.3 is 4.57 Å². The number of carbonyl (C=O) groups excluding carboxylic acids is 4. The van der Waals surface area contributed by atoms with Gasteiger partial charge in [-0.3, -0.25) is 29.0 Å². The second-order valence-corrected chi connectivity index (χ2v) is 10.3. The van der Waals surface area contributed by atoms with Crippen molar-refractivity contribution in [3.63, 3.8) is 0 Å². The van der Waals surface area contributed by atoms with Gasteiger partial charge in [-0.15, -0.1) is 0 Å². The van der Waals surface area contributed by atoms with E-state index in [1.54, 1.807) is 10.9 Å². The number of benzene rings is 2. The summed E-state index contributed by atoms with van der Waals surface area (Å²) in [4.78, 5) is 54.3. The molecular formula is C33H40N6O4. The fourth-order valence-corrected chi connectivity index (χ4v) is 5.18. The van der Waals surface area contributed by atoms with Crippen LogP contribution in [0.1, 0.15) is 63.8 Å². The average molecular weight is 585 g/mol. The molecule has 0 spiro atoms. The molecule has 0 saturated carbocycles. The minimum atomic E-state index is -0.0555. The molecule has 0 aliphatic carbocycles. The first-order valence-electron chi connectivity index (χ1n) is 15.1. The smallest absolute Gasteiger partial charge is 0.229 e. The van der Waals surface area contributed by atoms with Crippen LogP contribution >= 0.6 is 0 Å². The maximum Gasteiger partial charge on any atom is 0.229 e. The Labute approximate surface area is 252 Å². The van der Waals surface area contributed by atoms with Crippen molar-refractivity contribution in [1.29, 1.82) is 0 Å². The van der Waals surface area contributed by atoms with Gasteiger partial charge in [0.15, 0.2) is 0 Å². The molecule has 0 unspecified atom stereocenters. The molecule has 0 radical (unpaired) electrons. The largest absolute Gasteiger partial charge is 0.331 e. The van der Waals surface area contributed by atoms with E-state index in [2.05, 4.69) is 10.1 Å². The highest BCUT2D eigenvalue weighted by molar-refractivity contribution is 5.98. The molecule has 10 nitrogen and oxygen atoms in total. The molecule has 4 heterocycles. The molecule has 226 valence electrons. The molecule has 10 heteroatoms. The van der Waals surface area contributed by atoms with E-state index in [1.165, 1.54) is 9.80 Å². The predicted molar refractivity (Wildman–Crippen MR) is 164 cm³/mol.